The Hall–Kier alpha value is -2.49. The minimum absolute atomic E-state index is 0.454. The lowest BCUT2D eigenvalue weighted by Crippen LogP contribution is -2.13. The first-order chi connectivity index (χ1) is 18.8. The van der Waals surface area contributed by atoms with Crippen LogP contribution in [0, 0.1) is 11.8 Å². The molecule has 0 saturated heterocycles. The Morgan fingerprint density at radius 1 is 0.895 bits per heavy atom. The third-order valence-electron chi connectivity index (χ3n) is 8.91. The van der Waals surface area contributed by atoms with Gasteiger partial charge in [0.25, 0.3) is 0 Å². The fourth-order valence-electron chi connectivity index (χ4n) is 6.43. The SMILES string of the molecule is O=C(CCCCc1ccccc1OCC1CC1)CCCC1CCCC(c2ncnc3c2C=CCC3)CCC1. The third-order valence-corrected chi connectivity index (χ3v) is 8.91. The standard InChI is InChI=1S/C34H46N2O2/c37-30(17-3-1-13-28-14-2-6-21-33(28)38-24-27-22-23-27)18-9-12-26-10-7-15-29(16-8-11-26)34-31-19-4-5-20-32(31)35-25-36-34/h2,4,6,14,19,21,25-27,29H,1,3,5,7-13,15-18,20,22-24H2. The van der Waals surface area contributed by atoms with Crippen LogP contribution < -0.4 is 4.74 Å². The van der Waals surface area contributed by atoms with Crippen LogP contribution in [0.4, 0.5) is 0 Å². The molecular weight excluding hydrogens is 468 g/mol. The van der Waals surface area contributed by atoms with E-state index >= 15 is 0 Å². The smallest absolute Gasteiger partial charge is 0.132 e. The van der Waals surface area contributed by atoms with Crippen molar-refractivity contribution in [2.24, 2.45) is 11.8 Å². The van der Waals surface area contributed by atoms with Gasteiger partial charge in [-0.05, 0) is 87.7 Å². The number of Topliss-reactive ketones (excluding diaryl/α,β-unsaturated/α-hetero) is 1. The zero-order valence-corrected chi connectivity index (χ0v) is 23.2. The lowest BCUT2D eigenvalue weighted by molar-refractivity contribution is -0.119. The van der Waals surface area contributed by atoms with Crippen molar-refractivity contribution in [2.45, 2.75) is 115 Å². The summed E-state index contributed by atoms with van der Waals surface area (Å²) in [5, 5.41) is 0. The number of nitrogens with zero attached hydrogens (tertiary/aromatic N) is 2. The quantitative estimate of drug-likeness (QED) is 0.252. The summed E-state index contributed by atoms with van der Waals surface area (Å²) in [5.74, 6) is 3.64. The first kappa shape index (κ1) is 27.1. The summed E-state index contributed by atoms with van der Waals surface area (Å²) in [6.45, 7) is 0.860. The van der Waals surface area contributed by atoms with Gasteiger partial charge in [-0.1, -0.05) is 62.5 Å². The van der Waals surface area contributed by atoms with Gasteiger partial charge in [0.1, 0.15) is 17.9 Å². The van der Waals surface area contributed by atoms with Crippen LogP contribution in [-0.2, 0) is 17.6 Å². The first-order valence-corrected chi connectivity index (χ1v) is 15.5. The van der Waals surface area contributed by atoms with E-state index in [-0.39, 0.29) is 0 Å². The number of hydrogen-bond acceptors (Lipinski definition) is 4. The van der Waals surface area contributed by atoms with E-state index in [0.717, 1.165) is 75.6 Å². The Labute approximate surface area is 229 Å². The Balaban J connectivity index is 0.962. The number of carbonyl (C=O) groups excluding carboxylic acids is 1. The first-order valence-electron chi connectivity index (χ1n) is 15.5. The molecule has 2 aromatic rings. The maximum Gasteiger partial charge on any atom is 0.132 e. The Morgan fingerprint density at radius 2 is 1.71 bits per heavy atom. The maximum absolute atomic E-state index is 12.5. The highest BCUT2D eigenvalue weighted by molar-refractivity contribution is 5.78. The molecule has 3 aliphatic carbocycles. The summed E-state index contributed by atoms with van der Waals surface area (Å²) in [4.78, 5) is 21.8. The molecule has 204 valence electrons. The van der Waals surface area contributed by atoms with Crippen LogP contribution >= 0.6 is 0 Å². The topological polar surface area (TPSA) is 52.1 Å². The molecule has 1 aromatic carbocycles. The van der Waals surface area contributed by atoms with Crippen molar-refractivity contribution < 1.29 is 9.53 Å². The van der Waals surface area contributed by atoms with E-state index in [2.05, 4.69) is 41.4 Å². The van der Waals surface area contributed by atoms with Crippen LogP contribution in [0.25, 0.3) is 6.08 Å². The Bertz CT molecular complexity index is 1060. The van der Waals surface area contributed by atoms with Crippen molar-refractivity contribution >= 4 is 11.9 Å². The monoisotopic (exact) mass is 514 g/mol. The van der Waals surface area contributed by atoms with Gasteiger partial charge in [0.05, 0.1) is 18.0 Å². The summed E-state index contributed by atoms with van der Waals surface area (Å²) in [5.41, 5.74) is 5.14. The van der Waals surface area contributed by atoms with Gasteiger partial charge in [-0.15, -0.1) is 0 Å². The third kappa shape index (κ3) is 8.01. The van der Waals surface area contributed by atoms with Gasteiger partial charge in [0.2, 0.25) is 0 Å². The molecule has 2 fully saturated rings. The van der Waals surface area contributed by atoms with Crippen LogP contribution in [-0.4, -0.2) is 22.4 Å². The number of rotatable bonds is 13. The van der Waals surface area contributed by atoms with E-state index in [0.29, 0.717) is 11.7 Å². The van der Waals surface area contributed by atoms with E-state index in [4.69, 9.17) is 9.72 Å². The minimum Gasteiger partial charge on any atom is -0.493 e. The summed E-state index contributed by atoms with van der Waals surface area (Å²) in [6.07, 6.45) is 25.6. The second kappa shape index (κ2) is 14.1. The van der Waals surface area contributed by atoms with E-state index in [1.165, 1.54) is 80.3 Å². The average molecular weight is 515 g/mol. The summed E-state index contributed by atoms with van der Waals surface area (Å²) in [6, 6.07) is 8.44. The van der Waals surface area contributed by atoms with Crippen molar-refractivity contribution in [1.29, 1.82) is 0 Å². The van der Waals surface area contributed by atoms with E-state index in [9.17, 15) is 4.79 Å². The summed E-state index contributed by atoms with van der Waals surface area (Å²) >= 11 is 0. The molecule has 0 N–H and O–H groups in total. The molecule has 0 atom stereocenters. The molecule has 3 aliphatic rings. The predicted octanol–water partition coefficient (Wildman–Crippen LogP) is 8.43. The second-order valence-corrected chi connectivity index (χ2v) is 12.0. The van der Waals surface area contributed by atoms with Gasteiger partial charge < -0.3 is 4.74 Å². The van der Waals surface area contributed by atoms with Crippen molar-refractivity contribution in [3.63, 3.8) is 0 Å². The largest absolute Gasteiger partial charge is 0.493 e. The average Bonchev–Trinajstić information content (AvgIpc) is 3.76. The number of unbranched alkanes of at least 4 members (excludes halogenated alkanes) is 1. The molecule has 5 rings (SSSR count). The lowest BCUT2D eigenvalue weighted by atomic mass is 9.81. The van der Waals surface area contributed by atoms with Crippen molar-refractivity contribution in [3.05, 3.63) is 59.2 Å². The molecule has 0 radical (unpaired) electrons. The van der Waals surface area contributed by atoms with Gasteiger partial charge in [0.15, 0.2) is 0 Å². The number of hydrogen-bond donors (Lipinski definition) is 0. The van der Waals surface area contributed by atoms with Crippen molar-refractivity contribution in [2.75, 3.05) is 6.61 Å². The number of fused-ring (bicyclic) bond motifs is 1. The van der Waals surface area contributed by atoms with Crippen molar-refractivity contribution in [1.82, 2.24) is 9.97 Å². The van der Waals surface area contributed by atoms with E-state index in [1.54, 1.807) is 6.33 Å². The van der Waals surface area contributed by atoms with E-state index < -0.39 is 0 Å². The number of carbonyl (C=O) groups is 1. The van der Waals surface area contributed by atoms with E-state index in [1.807, 2.05) is 0 Å². The molecule has 1 heterocycles. The van der Waals surface area contributed by atoms with Gasteiger partial charge in [-0.2, -0.15) is 0 Å². The zero-order valence-electron chi connectivity index (χ0n) is 23.2. The molecule has 0 bridgehead atoms. The highest BCUT2D eigenvalue weighted by Crippen LogP contribution is 2.36. The highest BCUT2D eigenvalue weighted by atomic mass is 16.5. The summed E-state index contributed by atoms with van der Waals surface area (Å²) < 4.78 is 6.04. The number of benzene rings is 1. The number of aromatic nitrogens is 2. The second-order valence-electron chi connectivity index (χ2n) is 12.0. The van der Waals surface area contributed by atoms with Crippen LogP contribution in [0.1, 0.15) is 125 Å². The van der Waals surface area contributed by atoms with Gasteiger partial charge in [-0.3, -0.25) is 4.79 Å². The lowest BCUT2D eigenvalue weighted by Gasteiger charge is -2.26. The van der Waals surface area contributed by atoms with Crippen LogP contribution in [0.15, 0.2) is 36.7 Å². The molecule has 0 spiro atoms. The molecule has 4 heteroatoms. The number of aryl methyl sites for hydroxylation is 2. The Kier molecular flexibility index (Phi) is 10.0. The Morgan fingerprint density at radius 3 is 2.55 bits per heavy atom. The molecule has 0 unspecified atom stereocenters. The molecule has 0 amide bonds. The maximum atomic E-state index is 12.5. The van der Waals surface area contributed by atoms with Crippen LogP contribution in [0.3, 0.4) is 0 Å². The molecular formula is C34H46N2O2. The number of para-hydroxylation sites is 1. The molecule has 1 aromatic heterocycles. The molecule has 38 heavy (non-hydrogen) atoms. The number of ether oxygens (including phenoxy) is 1. The highest BCUT2D eigenvalue weighted by Gasteiger charge is 2.24. The minimum atomic E-state index is 0.454. The summed E-state index contributed by atoms with van der Waals surface area (Å²) in [7, 11) is 0. The fraction of sp³-hybridized carbons (Fsp3) is 0.618. The van der Waals surface area contributed by atoms with Crippen molar-refractivity contribution in [3.8, 4) is 5.75 Å². The zero-order chi connectivity index (χ0) is 26.0. The molecule has 4 nitrogen and oxygen atoms in total. The van der Waals surface area contributed by atoms with Gasteiger partial charge in [0, 0.05) is 24.3 Å². The van der Waals surface area contributed by atoms with Gasteiger partial charge in [-0.25, -0.2) is 9.97 Å². The fourth-order valence-corrected chi connectivity index (χ4v) is 6.43. The number of allylic oxidation sites excluding steroid dienone is 1. The normalized spacial score (nSPS) is 21.4. The van der Waals surface area contributed by atoms with Crippen LogP contribution in [0.2, 0.25) is 0 Å². The number of ketones is 1. The van der Waals surface area contributed by atoms with Crippen LogP contribution in [0.5, 0.6) is 5.75 Å². The van der Waals surface area contributed by atoms with Gasteiger partial charge >= 0.3 is 0 Å². The molecule has 0 aliphatic heterocycles. The predicted molar refractivity (Wildman–Crippen MR) is 154 cm³/mol. The molecule has 2 saturated carbocycles.